The van der Waals surface area contributed by atoms with Crippen molar-refractivity contribution >= 4 is 32.2 Å². The van der Waals surface area contributed by atoms with Crippen LogP contribution in [0.15, 0.2) is 58.8 Å². The largest absolute Gasteiger partial charge is 0.494 e. The van der Waals surface area contributed by atoms with Gasteiger partial charge >= 0.3 is 0 Å². The van der Waals surface area contributed by atoms with Gasteiger partial charge in [0.15, 0.2) is 5.13 Å². The number of aromatic nitrogens is 1. The Morgan fingerprint density at radius 1 is 1.06 bits per heavy atom. The summed E-state index contributed by atoms with van der Waals surface area (Å²) < 4.78 is 32.7. The van der Waals surface area contributed by atoms with E-state index in [0.717, 1.165) is 22.1 Å². The lowest BCUT2D eigenvalue weighted by atomic mass is 10.2. The monoisotopic (exact) mass is 474 g/mol. The first-order valence-corrected chi connectivity index (χ1v) is 12.4. The predicted molar refractivity (Wildman–Crippen MR) is 123 cm³/mol. The number of thiazole rings is 1. The molecule has 1 fully saturated rings. The fraction of sp³-hybridized carbons (Fsp3) is 0.286. The number of sulfonamides is 1. The Morgan fingerprint density at radius 3 is 2.31 bits per heavy atom. The summed E-state index contributed by atoms with van der Waals surface area (Å²) in [6.07, 6.45) is 0. The van der Waals surface area contributed by atoms with E-state index in [1.54, 1.807) is 0 Å². The molecule has 1 aromatic heterocycles. The van der Waals surface area contributed by atoms with E-state index < -0.39 is 14.9 Å². The molecular weight excluding hydrogens is 452 g/mol. The minimum Gasteiger partial charge on any atom is -0.494 e. The van der Waals surface area contributed by atoms with Gasteiger partial charge < -0.3 is 9.64 Å². The van der Waals surface area contributed by atoms with Gasteiger partial charge in [-0.25, -0.2) is 13.4 Å². The summed E-state index contributed by atoms with van der Waals surface area (Å²) in [7, 11) is -3.70. The van der Waals surface area contributed by atoms with Gasteiger partial charge in [-0.2, -0.15) is 4.31 Å². The molecule has 0 bridgehead atoms. The van der Waals surface area contributed by atoms with E-state index in [1.165, 1.54) is 39.9 Å². The van der Waals surface area contributed by atoms with E-state index in [2.05, 4.69) is 4.90 Å². The zero-order valence-corrected chi connectivity index (χ0v) is 19.0. The second kappa shape index (κ2) is 9.23. The highest BCUT2D eigenvalue weighted by atomic mass is 32.2. The van der Waals surface area contributed by atoms with Crippen molar-refractivity contribution in [2.24, 2.45) is 0 Å². The van der Waals surface area contributed by atoms with E-state index in [4.69, 9.17) is 9.72 Å². The molecular formula is C21H22N4O5S2. The summed E-state index contributed by atoms with van der Waals surface area (Å²) in [6.45, 7) is 4.23. The third-order valence-electron chi connectivity index (χ3n) is 5.15. The van der Waals surface area contributed by atoms with Gasteiger partial charge in [0.05, 0.1) is 22.1 Å². The number of hydrogen-bond acceptors (Lipinski definition) is 8. The van der Waals surface area contributed by atoms with Crippen molar-refractivity contribution in [3.8, 4) is 17.0 Å². The summed E-state index contributed by atoms with van der Waals surface area (Å²) in [6, 6.07) is 12.8. The molecule has 32 heavy (non-hydrogen) atoms. The average molecular weight is 475 g/mol. The smallest absolute Gasteiger partial charge is 0.269 e. The second-order valence-corrected chi connectivity index (χ2v) is 9.89. The molecule has 9 nitrogen and oxygen atoms in total. The maximum atomic E-state index is 12.9. The Kier molecular flexibility index (Phi) is 6.40. The molecule has 11 heteroatoms. The van der Waals surface area contributed by atoms with Crippen LogP contribution in [-0.2, 0) is 10.0 Å². The van der Waals surface area contributed by atoms with Gasteiger partial charge in [-0.05, 0) is 43.3 Å². The summed E-state index contributed by atoms with van der Waals surface area (Å²) in [5.41, 5.74) is 1.73. The van der Waals surface area contributed by atoms with Gasteiger partial charge in [0.1, 0.15) is 5.75 Å². The molecule has 168 valence electrons. The highest BCUT2D eigenvalue weighted by molar-refractivity contribution is 7.89. The van der Waals surface area contributed by atoms with Crippen molar-refractivity contribution in [2.75, 3.05) is 37.7 Å². The van der Waals surface area contributed by atoms with Crippen molar-refractivity contribution in [1.82, 2.24) is 9.29 Å². The second-order valence-electron chi connectivity index (χ2n) is 7.11. The summed E-state index contributed by atoms with van der Waals surface area (Å²) in [4.78, 5) is 17.1. The van der Waals surface area contributed by atoms with Crippen LogP contribution in [0, 0.1) is 10.1 Å². The zero-order valence-electron chi connectivity index (χ0n) is 17.4. The number of nitrogens with zero attached hydrogens (tertiary/aromatic N) is 4. The Labute approximate surface area is 190 Å². The normalized spacial score (nSPS) is 15.0. The van der Waals surface area contributed by atoms with E-state index in [0.29, 0.717) is 32.8 Å². The molecule has 4 rings (SSSR count). The summed E-state index contributed by atoms with van der Waals surface area (Å²) in [5.74, 6) is 0.817. The summed E-state index contributed by atoms with van der Waals surface area (Å²) in [5, 5.41) is 13.6. The number of ether oxygens (including phenoxy) is 1. The fourth-order valence-corrected chi connectivity index (χ4v) is 5.75. The molecule has 0 unspecified atom stereocenters. The number of nitro groups is 1. The standard InChI is InChI=1S/C21H22N4O5S2/c1-2-30-18-7-3-16(4-8-18)20-15-31-21(22-20)23-11-13-24(14-12-23)32(28,29)19-9-5-17(6-10-19)25(26)27/h3-10,15H,2,11-14H2,1H3. The van der Waals surface area contributed by atoms with Crippen LogP contribution in [-0.4, -0.2) is 55.4 Å². The van der Waals surface area contributed by atoms with Crippen molar-refractivity contribution in [1.29, 1.82) is 0 Å². The molecule has 0 aliphatic carbocycles. The zero-order chi connectivity index (χ0) is 22.7. The number of anilines is 1. The fourth-order valence-electron chi connectivity index (χ4n) is 3.44. The predicted octanol–water partition coefficient (Wildman–Crippen LogP) is 3.63. The lowest BCUT2D eigenvalue weighted by Gasteiger charge is -2.33. The van der Waals surface area contributed by atoms with Crippen molar-refractivity contribution in [2.45, 2.75) is 11.8 Å². The topological polar surface area (TPSA) is 106 Å². The maximum absolute atomic E-state index is 12.9. The molecule has 0 amide bonds. The Balaban J connectivity index is 1.41. The molecule has 2 heterocycles. The van der Waals surface area contributed by atoms with Crippen LogP contribution in [0.1, 0.15) is 6.92 Å². The van der Waals surface area contributed by atoms with Crippen LogP contribution >= 0.6 is 11.3 Å². The molecule has 3 aromatic rings. The van der Waals surface area contributed by atoms with Crippen LogP contribution < -0.4 is 9.64 Å². The van der Waals surface area contributed by atoms with Crippen LogP contribution in [0.3, 0.4) is 0 Å². The third-order valence-corrected chi connectivity index (χ3v) is 7.96. The number of benzene rings is 2. The van der Waals surface area contributed by atoms with E-state index in [-0.39, 0.29) is 10.6 Å². The van der Waals surface area contributed by atoms with Crippen molar-refractivity contribution in [3.05, 3.63) is 64.0 Å². The van der Waals surface area contributed by atoms with Crippen LogP contribution in [0.2, 0.25) is 0 Å². The summed E-state index contributed by atoms with van der Waals surface area (Å²) >= 11 is 1.53. The van der Waals surface area contributed by atoms with Gasteiger partial charge in [0.25, 0.3) is 5.69 Å². The minimum atomic E-state index is -3.70. The van der Waals surface area contributed by atoms with Crippen LogP contribution in [0.4, 0.5) is 10.8 Å². The molecule has 1 aliphatic rings. The Hall–Kier alpha value is -3.02. The SMILES string of the molecule is CCOc1ccc(-c2csc(N3CCN(S(=O)(=O)c4ccc([N+](=O)[O-])cc4)CC3)n2)cc1. The third kappa shape index (κ3) is 4.59. The van der Waals surface area contributed by atoms with E-state index in [9.17, 15) is 18.5 Å². The first kappa shape index (κ1) is 22.2. The molecule has 1 saturated heterocycles. The lowest BCUT2D eigenvalue weighted by Crippen LogP contribution is -2.48. The van der Waals surface area contributed by atoms with Gasteiger partial charge in [-0.3, -0.25) is 10.1 Å². The molecule has 2 aromatic carbocycles. The number of rotatable bonds is 7. The first-order chi connectivity index (χ1) is 15.4. The van der Waals surface area contributed by atoms with Gasteiger partial charge in [0.2, 0.25) is 10.0 Å². The number of piperazine rings is 1. The van der Waals surface area contributed by atoms with Crippen molar-refractivity contribution < 1.29 is 18.1 Å². The molecule has 0 spiro atoms. The highest BCUT2D eigenvalue weighted by Gasteiger charge is 2.29. The molecule has 1 aliphatic heterocycles. The quantitative estimate of drug-likeness (QED) is 0.380. The van der Waals surface area contributed by atoms with E-state index >= 15 is 0 Å². The Bertz CT molecular complexity index is 1190. The molecule has 0 atom stereocenters. The molecule has 0 N–H and O–H groups in total. The van der Waals surface area contributed by atoms with Gasteiger partial charge in [-0.15, -0.1) is 11.3 Å². The molecule has 0 radical (unpaired) electrons. The van der Waals surface area contributed by atoms with Gasteiger partial charge in [-0.1, -0.05) is 0 Å². The lowest BCUT2D eigenvalue weighted by molar-refractivity contribution is -0.384. The number of non-ortho nitro benzene ring substituents is 1. The Morgan fingerprint density at radius 2 is 1.72 bits per heavy atom. The first-order valence-electron chi connectivity index (χ1n) is 10.1. The highest BCUT2D eigenvalue weighted by Crippen LogP contribution is 2.30. The molecule has 0 saturated carbocycles. The van der Waals surface area contributed by atoms with Crippen molar-refractivity contribution in [3.63, 3.8) is 0 Å². The van der Waals surface area contributed by atoms with E-state index in [1.807, 2.05) is 36.6 Å². The maximum Gasteiger partial charge on any atom is 0.269 e. The van der Waals surface area contributed by atoms with Crippen LogP contribution in [0.5, 0.6) is 5.75 Å². The van der Waals surface area contributed by atoms with Gasteiger partial charge in [0, 0.05) is 49.3 Å². The minimum absolute atomic E-state index is 0.0589. The van der Waals surface area contributed by atoms with Crippen LogP contribution in [0.25, 0.3) is 11.3 Å². The average Bonchev–Trinajstić information content (AvgIpc) is 3.30. The number of hydrogen-bond donors (Lipinski definition) is 0. The number of nitro benzene ring substituents is 1.